The number of allylic oxidation sites excluding steroid dienone is 1. The predicted molar refractivity (Wildman–Crippen MR) is 123 cm³/mol. The molecule has 32 heavy (non-hydrogen) atoms. The van der Waals surface area contributed by atoms with Gasteiger partial charge in [-0.2, -0.15) is 0 Å². The monoisotopic (exact) mass is 433 g/mol. The molecule has 2 N–H and O–H groups in total. The van der Waals surface area contributed by atoms with E-state index in [2.05, 4.69) is 4.90 Å². The van der Waals surface area contributed by atoms with Crippen LogP contribution in [0.25, 0.3) is 12.2 Å². The summed E-state index contributed by atoms with van der Waals surface area (Å²) in [5, 5.41) is 8.48. The second kappa shape index (κ2) is 11.2. The largest absolute Gasteiger partial charge is 0.340 e. The highest BCUT2D eigenvalue weighted by atomic mass is 16.5. The maximum Gasteiger partial charge on any atom is 0.267 e. The van der Waals surface area contributed by atoms with E-state index in [9.17, 15) is 14.4 Å². The topological polar surface area (TPSA) is 90.0 Å². The molecule has 166 valence electrons. The molecule has 2 aromatic carbocycles. The average Bonchev–Trinajstić information content (AvgIpc) is 2.82. The number of ketones is 1. The van der Waals surface area contributed by atoms with Crippen molar-refractivity contribution in [3.05, 3.63) is 82.9 Å². The Balaban J connectivity index is 1.52. The maximum absolute atomic E-state index is 12.5. The van der Waals surface area contributed by atoms with Crippen molar-refractivity contribution >= 4 is 29.7 Å². The molecule has 1 aliphatic rings. The van der Waals surface area contributed by atoms with Crippen LogP contribution in [-0.4, -0.2) is 58.8 Å². The van der Waals surface area contributed by atoms with Crippen LogP contribution in [0.1, 0.15) is 34.0 Å². The number of hydrogen-bond donors (Lipinski definition) is 2. The number of hydrogen-bond acceptors (Lipinski definition) is 5. The number of benzene rings is 2. The van der Waals surface area contributed by atoms with Crippen molar-refractivity contribution in [2.75, 3.05) is 26.2 Å². The molecule has 3 rings (SSSR count). The lowest BCUT2D eigenvalue weighted by atomic mass is 10.1. The standard InChI is InChI=1S/C25H27N3O4/c1-19(29)28-16-14-27(15-17-28)18-22-6-10-23(11-7-22)24(30)12-8-20-2-4-21(5-3-20)9-13-25(31)26-32/h2-13,32H,14-18H2,1H3,(H,26,31). The fourth-order valence-corrected chi connectivity index (χ4v) is 3.45. The Kier molecular flexibility index (Phi) is 8.08. The molecule has 0 atom stereocenters. The number of nitrogens with one attached hydrogen (secondary N) is 1. The summed E-state index contributed by atoms with van der Waals surface area (Å²) in [4.78, 5) is 39.1. The summed E-state index contributed by atoms with van der Waals surface area (Å²) >= 11 is 0. The van der Waals surface area contributed by atoms with E-state index in [1.165, 1.54) is 11.6 Å². The molecule has 0 saturated carbocycles. The van der Waals surface area contributed by atoms with E-state index in [4.69, 9.17) is 5.21 Å². The van der Waals surface area contributed by atoms with Gasteiger partial charge in [-0.25, -0.2) is 5.48 Å². The lowest BCUT2D eigenvalue weighted by molar-refractivity contribution is -0.130. The van der Waals surface area contributed by atoms with Crippen molar-refractivity contribution in [3.63, 3.8) is 0 Å². The highest BCUT2D eigenvalue weighted by molar-refractivity contribution is 6.06. The van der Waals surface area contributed by atoms with Gasteiger partial charge in [0.05, 0.1) is 0 Å². The summed E-state index contributed by atoms with van der Waals surface area (Å²) in [5.74, 6) is -0.545. The van der Waals surface area contributed by atoms with Gasteiger partial charge >= 0.3 is 0 Å². The van der Waals surface area contributed by atoms with Crippen LogP contribution < -0.4 is 5.48 Å². The van der Waals surface area contributed by atoms with Gasteiger partial charge in [0.15, 0.2) is 5.78 Å². The van der Waals surface area contributed by atoms with Gasteiger partial charge in [-0.05, 0) is 28.8 Å². The van der Waals surface area contributed by atoms with Crippen molar-refractivity contribution in [3.8, 4) is 0 Å². The van der Waals surface area contributed by atoms with Crippen LogP contribution in [0.3, 0.4) is 0 Å². The minimum absolute atomic E-state index is 0.0739. The number of hydroxylamine groups is 1. The second-order valence-electron chi connectivity index (χ2n) is 7.65. The number of carbonyl (C=O) groups is 3. The Bertz CT molecular complexity index is 1000. The third kappa shape index (κ3) is 6.73. The summed E-state index contributed by atoms with van der Waals surface area (Å²) < 4.78 is 0. The van der Waals surface area contributed by atoms with Crippen molar-refractivity contribution in [2.45, 2.75) is 13.5 Å². The number of piperazine rings is 1. The molecule has 0 aliphatic carbocycles. The van der Waals surface area contributed by atoms with E-state index in [-0.39, 0.29) is 11.7 Å². The quantitative estimate of drug-likeness (QED) is 0.303. The number of rotatable bonds is 7. The fraction of sp³-hybridized carbons (Fsp3) is 0.240. The van der Waals surface area contributed by atoms with Crippen molar-refractivity contribution < 1.29 is 19.6 Å². The molecule has 1 aliphatic heterocycles. The van der Waals surface area contributed by atoms with Crippen LogP contribution in [0, 0.1) is 0 Å². The third-order valence-electron chi connectivity index (χ3n) is 5.36. The Hall–Kier alpha value is -3.55. The summed E-state index contributed by atoms with van der Waals surface area (Å²) in [6, 6.07) is 14.9. The van der Waals surface area contributed by atoms with Gasteiger partial charge in [0, 0.05) is 51.3 Å². The third-order valence-corrected chi connectivity index (χ3v) is 5.36. The Morgan fingerprint density at radius 2 is 1.44 bits per heavy atom. The van der Waals surface area contributed by atoms with Gasteiger partial charge in [-0.3, -0.25) is 24.5 Å². The first-order chi connectivity index (χ1) is 15.4. The molecule has 1 saturated heterocycles. The number of nitrogens with zero attached hydrogens (tertiary/aromatic N) is 2. The van der Waals surface area contributed by atoms with Crippen LogP contribution in [0.2, 0.25) is 0 Å². The zero-order valence-corrected chi connectivity index (χ0v) is 18.0. The minimum Gasteiger partial charge on any atom is -0.340 e. The van der Waals surface area contributed by atoms with Crippen LogP contribution in [0.4, 0.5) is 0 Å². The summed E-state index contributed by atoms with van der Waals surface area (Å²) in [7, 11) is 0. The van der Waals surface area contributed by atoms with E-state index in [0.717, 1.165) is 49.4 Å². The molecule has 1 heterocycles. The fourth-order valence-electron chi connectivity index (χ4n) is 3.45. The SMILES string of the molecule is CC(=O)N1CCN(Cc2ccc(C(=O)C=Cc3ccc(C=CC(=O)NO)cc3)cc2)CC1. The predicted octanol–water partition coefficient (Wildman–Crippen LogP) is 2.77. The number of amides is 2. The van der Waals surface area contributed by atoms with E-state index >= 15 is 0 Å². The zero-order chi connectivity index (χ0) is 22.9. The molecule has 0 spiro atoms. The van der Waals surface area contributed by atoms with Crippen molar-refractivity contribution in [2.24, 2.45) is 0 Å². The van der Waals surface area contributed by atoms with E-state index in [1.807, 2.05) is 53.4 Å². The van der Waals surface area contributed by atoms with Gasteiger partial charge in [0.1, 0.15) is 0 Å². The van der Waals surface area contributed by atoms with Gasteiger partial charge in [-0.1, -0.05) is 54.6 Å². The molecular weight excluding hydrogens is 406 g/mol. The number of carbonyl (C=O) groups excluding carboxylic acids is 3. The first-order valence-electron chi connectivity index (χ1n) is 10.5. The first-order valence-corrected chi connectivity index (χ1v) is 10.5. The molecule has 7 nitrogen and oxygen atoms in total. The lowest BCUT2D eigenvalue weighted by Gasteiger charge is -2.34. The summed E-state index contributed by atoms with van der Waals surface area (Å²) in [6.07, 6.45) is 6.10. The highest BCUT2D eigenvalue weighted by Gasteiger charge is 2.18. The van der Waals surface area contributed by atoms with Crippen LogP contribution in [-0.2, 0) is 16.1 Å². The molecule has 7 heteroatoms. The van der Waals surface area contributed by atoms with Gasteiger partial charge in [-0.15, -0.1) is 0 Å². The van der Waals surface area contributed by atoms with E-state index in [0.29, 0.717) is 5.56 Å². The Morgan fingerprint density at radius 3 is 1.97 bits per heavy atom. The molecule has 0 radical (unpaired) electrons. The molecule has 2 aromatic rings. The Labute approximate surface area is 187 Å². The van der Waals surface area contributed by atoms with Gasteiger partial charge in [0.2, 0.25) is 5.91 Å². The smallest absolute Gasteiger partial charge is 0.267 e. The molecule has 2 amide bonds. The highest BCUT2D eigenvalue weighted by Crippen LogP contribution is 2.13. The first kappa shape index (κ1) is 23.1. The van der Waals surface area contributed by atoms with Crippen LogP contribution in [0.5, 0.6) is 0 Å². The summed E-state index contributed by atoms with van der Waals surface area (Å²) in [5.41, 5.74) is 4.96. The Morgan fingerprint density at radius 1 is 0.875 bits per heavy atom. The van der Waals surface area contributed by atoms with Crippen molar-refractivity contribution in [1.29, 1.82) is 0 Å². The second-order valence-corrected chi connectivity index (χ2v) is 7.65. The maximum atomic E-state index is 12.5. The average molecular weight is 434 g/mol. The van der Waals surface area contributed by atoms with E-state index < -0.39 is 5.91 Å². The van der Waals surface area contributed by atoms with Crippen molar-refractivity contribution in [1.82, 2.24) is 15.3 Å². The van der Waals surface area contributed by atoms with Crippen LogP contribution in [0.15, 0.2) is 60.7 Å². The molecule has 0 bridgehead atoms. The van der Waals surface area contributed by atoms with E-state index in [1.54, 1.807) is 25.2 Å². The van der Waals surface area contributed by atoms with Crippen LogP contribution >= 0.6 is 0 Å². The van der Waals surface area contributed by atoms with Gasteiger partial charge < -0.3 is 4.90 Å². The molecular formula is C25H27N3O4. The zero-order valence-electron chi connectivity index (χ0n) is 18.0. The summed E-state index contributed by atoms with van der Waals surface area (Å²) in [6.45, 7) is 5.63. The molecule has 0 unspecified atom stereocenters. The molecule has 1 fully saturated rings. The minimum atomic E-state index is -0.596. The lowest BCUT2D eigenvalue weighted by Crippen LogP contribution is -2.47. The van der Waals surface area contributed by atoms with Gasteiger partial charge in [0.25, 0.3) is 5.91 Å². The normalized spacial score (nSPS) is 14.8. The molecule has 0 aromatic heterocycles.